The maximum Gasteiger partial charge on any atom is 0.263 e. The van der Waals surface area contributed by atoms with E-state index in [1.165, 1.54) is 0 Å². The van der Waals surface area contributed by atoms with Crippen molar-refractivity contribution in [3.63, 3.8) is 0 Å². The van der Waals surface area contributed by atoms with Crippen molar-refractivity contribution in [2.45, 2.75) is 13.0 Å². The summed E-state index contributed by atoms with van der Waals surface area (Å²) in [5, 5.41) is 7.54. The van der Waals surface area contributed by atoms with Gasteiger partial charge < -0.3 is 20.6 Å². The van der Waals surface area contributed by atoms with Gasteiger partial charge in [-0.3, -0.25) is 10.2 Å². The van der Waals surface area contributed by atoms with E-state index in [0.717, 1.165) is 11.1 Å². The third kappa shape index (κ3) is 3.73. The highest BCUT2D eigenvalue weighted by Gasteiger charge is 2.21. The quantitative estimate of drug-likeness (QED) is 0.336. The molecule has 5 N–H and O–H groups in total. The van der Waals surface area contributed by atoms with E-state index >= 15 is 0 Å². The molecule has 0 spiro atoms. The normalized spacial score (nSPS) is 11.9. The first kappa shape index (κ1) is 19.2. The monoisotopic (exact) mass is 400 g/mol. The van der Waals surface area contributed by atoms with Gasteiger partial charge in [0.2, 0.25) is 12.0 Å². The van der Waals surface area contributed by atoms with Crippen LogP contribution in [0.1, 0.15) is 22.8 Å². The Bertz CT molecular complexity index is 1250. The summed E-state index contributed by atoms with van der Waals surface area (Å²) in [5.41, 5.74) is 15.2. The number of hydrogen-bond acceptors (Lipinski definition) is 5. The van der Waals surface area contributed by atoms with Crippen molar-refractivity contribution in [2.75, 3.05) is 0 Å². The third-order valence-electron chi connectivity index (χ3n) is 4.76. The Morgan fingerprint density at radius 2 is 1.80 bits per heavy atom. The summed E-state index contributed by atoms with van der Waals surface area (Å²) < 4.78 is 11.7. The van der Waals surface area contributed by atoms with Gasteiger partial charge in [0.15, 0.2) is 5.58 Å². The van der Waals surface area contributed by atoms with E-state index in [2.05, 4.69) is 4.98 Å². The van der Waals surface area contributed by atoms with Crippen LogP contribution in [0.15, 0.2) is 71.1 Å². The van der Waals surface area contributed by atoms with Crippen molar-refractivity contribution in [3.05, 3.63) is 83.4 Å². The number of para-hydroxylation sites is 1. The lowest BCUT2D eigenvalue weighted by Crippen LogP contribution is -2.26. The Morgan fingerprint density at radius 1 is 1.07 bits per heavy atom. The van der Waals surface area contributed by atoms with Crippen molar-refractivity contribution in [3.8, 4) is 17.2 Å². The number of nitrogens with two attached hydrogens (primary N) is 2. The predicted octanol–water partition coefficient (Wildman–Crippen LogP) is 3.69. The summed E-state index contributed by atoms with van der Waals surface area (Å²) >= 11 is 0. The molecule has 4 aromatic rings. The van der Waals surface area contributed by atoms with Gasteiger partial charge in [0, 0.05) is 16.7 Å². The number of nitrogens with zero attached hydrogens (tertiary/aromatic N) is 1. The molecule has 1 heterocycles. The minimum Gasteiger partial charge on any atom is -0.476 e. The topological polar surface area (TPSA) is 128 Å². The molecule has 0 aliphatic carbocycles. The number of nitrogens with one attached hydrogen (secondary N) is 1. The number of ether oxygens (including phenoxy) is 1. The highest BCUT2D eigenvalue weighted by atomic mass is 16.5. The largest absolute Gasteiger partial charge is 0.476 e. The van der Waals surface area contributed by atoms with Crippen molar-refractivity contribution in [1.29, 1.82) is 5.41 Å². The summed E-state index contributed by atoms with van der Waals surface area (Å²) in [6.45, 7) is 1.90. The average molecular weight is 400 g/mol. The molecule has 4 rings (SSSR count). The fourth-order valence-electron chi connectivity index (χ4n) is 3.12. The van der Waals surface area contributed by atoms with Crippen LogP contribution in [0.2, 0.25) is 0 Å². The van der Waals surface area contributed by atoms with E-state index in [9.17, 15) is 4.79 Å². The Kier molecular flexibility index (Phi) is 4.93. The van der Waals surface area contributed by atoms with Gasteiger partial charge >= 0.3 is 0 Å². The molecule has 150 valence electrons. The molecule has 1 atom stereocenters. The molecule has 30 heavy (non-hydrogen) atoms. The first-order valence-corrected chi connectivity index (χ1v) is 9.29. The number of primary amides is 1. The zero-order chi connectivity index (χ0) is 21.3. The minimum atomic E-state index is -0.915. The average Bonchev–Trinajstić information content (AvgIpc) is 3.16. The molecule has 7 nitrogen and oxygen atoms in total. The van der Waals surface area contributed by atoms with Crippen LogP contribution in [-0.4, -0.2) is 16.7 Å². The number of aryl methyl sites for hydroxylation is 1. The Morgan fingerprint density at radius 3 is 2.47 bits per heavy atom. The van der Waals surface area contributed by atoms with Crippen molar-refractivity contribution >= 4 is 22.8 Å². The molecule has 0 aliphatic heterocycles. The zero-order valence-corrected chi connectivity index (χ0v) is 16.3. The zero-order valence-electron chi connectivity index (χ0n) is 16.3. The number of benzene rings is 3. The van der Waals surface area contributed by atoms with Gasteiger partial charge in [-0.15, -0.1) is 0 Å². The van der Waals surface area contributed by atoms with Crippen molar-refractivity contribution in [1.82, 2.24) is 4.98 Å². The van der Waals surface area contributed by atoms with Crippen LogP contribution in [-0.2, 0) is 4.79 Å². The smallest absolute Gasteiger partial charge is 0.263 e. The van der Waals surface area contributed by atoms with Crippen LogP contribution in [0.3, 0.4) is 0 Å². The second-order valence-electron chi connectivity index (χ2n) is 6.90. The first-order chi connectivity index (χ1) is 14.4. The van der Waals surface area contributed by atoms with Gasteiger partial charge in [0.05, 0.1) is 0 Å². The molecule has 0 radical (unpaired) electrons. The SMILES string of the molecule is Cc1ccccc1OC(C(N)=O)c1ccc(-c2nc3cc(C(=N)N)ccc3o2)cc1. The number of hydrogen-bond donors (Lipinski definition) is 3. The van der Waals surface area contributed by atoms with Gasteiger partial charge in [0.25, 0.3) is 5.91 Å². The van der Waals surface area contributed by atoms with Crippen molar-refractivity contribution < 1.29 is 13.9 Å². The van der Waals surface area contributed by atoms with Crippen LogP contribution in [0.5, 0.6) is 5.75 Å². The maximum atomic E-state index is 12.0. The summed E-state index contributed by atoms with van der Waals surface area (Å²) in [5.74, 6) is 0.417. The number of rotatable bonds is 6. The molecule has 0 aliphatic rings. The number of carbonyl (C=O) groups is 1. The first-order valence-electron chi connectivity index (χ1n) is 9.29. The molecule has 0 saturated carbocycles. The molecular formula is C23H20N4O3. The fraction of sp³-hybridized carbons (Fsp3) is 0.0870. The number of aromatic nitrogens is 1. The molecule has 7 heteroatoms. The van der Waals surface area contributed by atoms with Crippen LogP contribution in [0, 0.1) is 12.3 Å². The maximum absolute atomic E-state index is 12.0. The van der Waals surface area contributed by atoms with Gasteiger partial charge in [-0.1, -0.05) is 30.3 Å². The molecule has 3 aromatic carbocycles. The number of carbonyl (C=O) groups excluding carboxylic acids is 1. The van der Waals surface area contributed by atoms with Crippen LogP contribution in [0.25, 0.3) is 22.6 Å². The number of amides is 1. The summed E-state index contributed by atoms with van der Waals surface area (Å²) in [6, 6.07) is 19.7. The molecular weight excluding hydrogens is 380 g/mol. The highest BCUT2D eigenvalue weighted by Crippen LogP contribution is 2.28. The highest BCUT2D eigenvalue weighted by molar-refractivity contribution is 5.97. The molecule has 1 unspecified atom stereocenters. The van der Waals surface area contributed by atoms with Crippen LogP contribution < -0.4 is 16.2 Å². The molecule has 1 aromatic heterocycles. The van der Waals surface area contributed by atoms with Gasteiger partial charge in [-0.05, 0) is 48.9 Å². The van der Waals surface area contributed by atoms with Crippen molar-refractivity contribution in [2.24, 2.45) is 11.5 Å². The number of fused-ring (bicyclic) bond motifs is 1. The Balaban J connectivity index is 1.62. The van der Waals surface area contributed by atoms with E-state index < -0.39 is 12.0 Å². The summed E-state index contributed by atoms with van der Waals surface area (Å²) in [7, 11) is 0. The van der Waals surface area contributed by atoms with Crippen LogP contribution in [0.4, 0.5) is 0 Å². The lowest BCUT2D eigenvalue weighted by Gasteiger charge is -2.18. The molecule has 0 fully saturated rings. The van der Waals surface area contributed by atoms with Gasteiger partial charge in [0.1, 0.15) is 17.1 Å². The second-order valence-corrected chi connectivity index (χ2v) is 6.90. The van der Waals surface area contributed by atoms with Crippen LogP contribution >= 0.6 is 0 Å². The van der Waals surface area contributed by atoms with E-state index in [-0.39, 0.29) is 5.84 Å². The lowest BCUT2D eigenvalue weighted by atomic mass is 10.1. The summed E-state index contributed by atoms with van der Waals surface area (Å²) in [4.78, 5) is 16.5. The number of nitrogen functional groups attached to an aromatic ring is 1. The van der Waals surface area contributed by atoms with E-state index in [0.29, 0.717) is 33.9 Å². The second kappa shape index (κ2) is 7.71. The van der Waals surface area contributed by atoms with E-state index in [4.69, 9.17) is 26.0 Å². The molecule has 0 bridgehead atoms. The van der Waals surface area contributed by atoms with Gasteiger partial charge in [-0.2, -0.15) is 0 Å². The number of amidine groups is 1. The Hall–Kier alpha value is -4.13. The summed E-state index contributed by atoms with van der Waals surface area (Å²) in [6.07, 6.45) is -0.915. The third-order valence-corrected chi connectivity index (χ3v) is 4.76. The van der Waals surface area contributed by atoms with E-state index in [1.807, 2.05) is 25.1 Å². The lowest BCUT2D eigenvalue weighted by molar-refractivity contribution is -0.125. The minimum absolute atomic E-state index is 0.0306. The van der Waals surface area contributed by atoms with Gasteiger partial charge in [-0.25, -0.2) is 4.98 Å². The number of oxazole rings is 1. The van der Waals surface area contributed by atoms with E-state index in [1.54, 1.807) is 48.5 Å². The fourth-order valence-corrected chi connectivity index (χ4v) is 3.12. The molecule has 1 amide bonds. The standard InChI is InChI=1S/C23H20N4O3/c1-13-4-2-3-5-18(13)29-20(22(26)28)14-6-8-15(9-7-14)23-27-17-12-16(21(24)25)10-11-19(17)30-23/h2-12,20H,1H3,(H3,24,25)(H2,26,28). The Labute approximate surface area is 172 Å². The predicted molar refractivity (Wildman–Crippen MR) is 114 cm³/mol. The molecule has 0 saturated heterocycles.